The summed E-state index contributed by atoms with van der Waals surface area (Å²) in [6.45, 7) is 1.83. The van der Waals surface area contributed by atoms with E-state index in [9.17, 15) is 13.6 Å². The van der Waals surface area contributed by atoms with Gasteiger partial charge in [-0.05, 0) is 36.2 Å². The molecule has 0 aliphatic heterocycles. The molecule has 0 spiro atoms. The molecule has 2 rings (SSSR count). The lowest BCUT2D eigenvalue weighted by atomic mass is 10.0. The van der Waals surface area contributed by atoms with E-state index in [0.29, 0.717) is 16.1 Å². The predicted molar refractivity (Wildman–Crippen MR) is 70.6 cm³/mol. The van der Waals surface area contributed by atoms with E-state index < -0.39 is 11.6 Å². The Bertz CT molecular complexity index is 618. The summed E-state index contributed by atoms with van der Waals surface area (Å²) in [6.07, 6.45) is -0.0614. The van der Waals surface area contributed by atoms with Crippen LogP contribution >= 0.6 is 11.6 Å². The molecule has 0 bridgehead atoms. The summed E-state index contributed by atoms with van der Waals surface area (Å²) >= 11 is 5.94. The molecule has 0 saturated heterocycles. The number of carbonyl (C=O) groups is 1. The second kappa shape index (κ2) is 5.49. The molecule has 19 heavy (non-hydrogen) atoms. The van der Waals surface area contributed by atoms with Crippen molar-refractivity contribution < 1.29 is 13.6 Å². The van der Waals surface area contributed by atoms with Gasteiger partial charge < -0.3 is 0 Å². The van der Waals surface area contributed by atoms with Gasteiger partial charge >= 0.3 is 0 Å². The highest BCUT2D eigenvalue weighted by Crippen LogP contribution is 2.18. The van der Waals surface area contributed by atoms with E-state index in [1.165, 1.54) is 0 Å². The minimum absolute atomic E-state index is 0.0614. The SMILES string of the molecule is Cc1ccc(C(=O)Cc2cc(F)cc(F)c2)cc1Cl. The lowest BCUT2D eigenvalue weighted by molar-refractivity contribution is 0.0993. The van der Waals surface area contributed by atoms with Crippen LogP contribution in [0.5, 0.6) is 0 Å². The quantitative estimate of drug-likeness (QED) is 0.764. The molecule has 0 unspecified atom stereocenters. The van der Waals surface area contributed by atoms with E-state index in [0.717, 1.165) is 23.8 Å². The molecular weight excluding hydrogens is 270 g/mol. The van der Waals surface area contributed by atoms with Crippen LogP contribution in [0.25, 0.3) is 0 Å². The average molecular weight is 281 g/mol. The summed E-state index contributed by atoms with van der Waals surface area (Å²) in [7, 11) is 0. The zero-order valence-corrected chi connectivity index (χ0v) is 11.0. The highest BCUT2D eigenvalue weighted by Gasteiger charge is 2.10. The van der Waals surface area contributed by atoms with Crippen LogP contribution in [0.15, 0.2) is 36.4 Å². The third-order valence-electron chi connectivity index (χ3n) is 2.78. The average Bonchev–Trinajstić information content (AvgIpc) is 2.31. The van der Waals surface area contributed by atoms with Crippen molar-refractivity contribution in [1.29, 1.82) is 0 Å². The first-order valence-electron chi connectivity index (χ1n) is 5.70. The molecule has 2 aromatic carbocycles. The summed E-state index contributed by atoms with van der Waals surface area (Å²) in [4.78, 5) is 12.0. The number of aryl methyl sites for hydroxylation is 1. The fourth-order valence-electron chi connectivity index (χ4n) is 1.77. The van der Waals surface area contributed by atoms with E-state index >= 15 is 0 Å². The number of benzene rings is 2. The Morgan fingerprint density at radius 2 is 1.74 bits per heavy atom. The minimum atomic E-state index is -0.690. The Morgan fingerprint density at radius 3 is 2.32 bits per heavy atom. The van der Waals surface area contributed by atoms with Gasteiger partial charge in [0.2, 0.25) is 0 Å². The monoisotopic (exact) mass is 280 g/mol. The summed E-state index contributed by atoms with van der Waals surface area (Å²) in [5.41, 5.74) is 1.61. The first kappa shape index (κ1) is 13.7. The molecule has 0 aliphatic rings. The third-order valence-corrected chi connectivity index (χ3v) is 3.19. The largest absolute Gasteiger partial charge is 0.294 e. The Morgan fingerprint density at radius 1 is 1.11 bits per heavy atom. The number of halogens is 3. The number of hydrogen-bond acceptors (Lipinski definition) is 1. The van der Waals surface area contributed by atoms with Gasteiger partial charge in [-0.25, -0.2) is 8.78 Å². The van der Waals surface area contributed by atoms with E-state index in [4.69, 9.17) is 11.6 Å². The highest BCUT2D eigenvalue weighted by atomic mass is 35.5. The van der Waals surface area contributed by atoms with Crippen molar-refractivity contribution in [3.05, 3.63) is 69.7 Å². The van der Waals surface area contributed by atoms with Gasteiger partial charge in [0.1, 0.15) is 11.6 Å². The van der Waals surface area contributed by atoms with Gasteiger partial charge in [-0.2, -0.15) is 0 Å². The van der Waals surface area contributed by atoms with Crippen LogP contribution in [0, 0.1) is 18.6 Å². The molecule has 0 atom stereocenters. The van der Waals surface area contributed by atoms with Crippen LogP contribution in [0.4, 0.5) is 8.78 Å². The molecular formula is C15H11ClF2O. The Hall–Kier alpha value is -1.74. The van der Waals surface area contributed by atoms with Crippen molar-refractivity contribution in [3.8, 4) is 0 Å². The molecule has 2 aromatic rings. The lowest BCUT2D eigenvalue weighted by Crippen LogP contribution is -2.04. The maximum absolute atomic E-state index is 13.0. The summed E-state index contributed by atoms with van der Waals surface area (Å²) in [5, 5.41) is 0.497. The maximum atomic E-state index is 13.0. The highest BCUT2D eigenvalue weighted by molar-refractivity contribution is 6.31. The van der Waals surface area contributed by atoms with Crippen LogP contribution in [-0.2, 0) is 6.42 Å². The molecule has 0 saturated carbocycles. The number of rotatable bonds is 3. The van der Waals surface area contributed by atoms with Crippen LogP contribution in [0.2, 0.25) is 5.02 Å². The van der Waals surface area contributed by atoms with Gasteiger partial charge in [0.15, 0.2) is 5.78 Å². The number of carbonyl (C=O) groups excluding carboxylic acids is 1. The number of hydrogen-bond donors (Lipinski definition) is 0. The predicted octanol–water partition coefficient (Wildman–Crippen LogP) is 4.35. The first-order chi connectivity index (χ1) is 8.95. The smallest absolute Gasteiger partial charge is 0.167 e. The van der Waals surface area contributed by atoms with Crippen molar-refractivity contribution in [2.45, 2.75) is 13.3 Å². The second-order valence-electron chi connectivity index (χ2n) is 4.34. The van der Waals surface area contributed by atoms with E-state index in [1.807, 2.05) is 6.92 Å². The van der Waals surface area contributed by atoms with Gasteiger partial charge in [-0.15, -0.1) is 0 Å². The molecule has 0 N–H and O–H groups in total. The number of Topliss-reactive ketones (excluding diaryl/α,β-unsaturated/α-hetero) is 1. The zero-order valence-electron chi connectivity index (χ0n) is 10.2. The van der Waals surface area contributed by atoms with Gasteiger partial charge in [0, 0.05) is 23.1 Å². The van der Waals surface area contributed by atoms with Crippen molar-refractivity contribution >= 4 is 17.4 Å². The molecule has 1 nitrogen and oxygen atoms in total. The fraction of sp³-hybridized carbons (Fsp3) is 0.133. The minimum Gasteiger partial charge on any atom is -0.294 e. The molecule has 0 heterocycles. The van der Waals surface area contributed by atoms with Crippen molar-refractivity contribution in [3.63, 3.8) is 0 Å². The van der Waals surface area contributed by atoms with Crippen molar-refractivity contribution in [2.75, 3.05) is 0 Å². The third kappa shape index (κ3) is 3.38. The van der Waals surface area contributed by atoms with E-state index in [2.05, 4.69) is 0 Å². The molecule has 0 amide bonds. The lowest BCUT2D eigenvalue weighted by Gasteiger charge is -2.04. The molecule has 98 valence electrons. The molecule has 0 aromatic heterocycles. The summed E-state index contributed by atoms with van der Waals surface area (Å²) < 4.78 is 26.1. The molecule has 0 radical (unpaired) electrons. The van der Waals surface area contributed by atoms with Crippen molar-refractivity contribution in [2.24, 2.45) is 0 Å². The van der Waals surface area contributed by atoms with Gasteiger partial charge in [-0.1, -0.05) is 23.7 Å². The van der Waals surface area contributed by atoms with Crippen LogP contribution in [-0.4, -0.2) is 5.78 Å². The Kier molecular flexibility index (Phi) is 3.96. The van der Waals surface area contributed by atoms with E-state index in [-0.39, 0.29) is 12.2 Å². The van der Waals surface area contributed by atoms with Crippen LogP contribution in [0.3, 0.4) is 0 Å². The first-order valence-corrected chi connectivity index (χ1v) is 6.08. The van der Waals surface area contributed by atoms with Crippen molar-refractivity contribution in [1.82, 2.24) is 0 Å². The Labute approximate surface area is 114 Å². The zero-order chi connectivity index (χ0) is 14.0. The van der Waals surface area contributed by atoms with Gasteiger partial charge in [-0.3, -0.25) is 4.79 Å². The topological polar surface area (TPSA) is 17.1 Å². The molecule has 0 aliphatic carbocycles. The standard InChI is InChI=1S/C15H11ClF2O/c1-9-2-3-11(7-14(9)16)15(19)6-10-4-12(17)8-13(18)5-10/h2-5,7-8H,6H2,1H3. The second-order valence-corrected chi connectivity index (χ2v) is 4.75. The number of ketones is 1. The Balaban J connectivity index is 2.22. The maximum Gasteiger partial charge on any atom is 0.167 e. The normalized spacial score (nSPS) is 10.5. The van der Waals surface area contributed by atoms with Gasteiger partial charge in [0.25, 0.3) is 0 Å². The van der Waals surface area contributed by atoms with Crippen LogP contribution < -0.4 is 0 Å². The van der Waals surface area contributed by atoms with Gasteiger partial charge in [0.05, 0.1) is 0 Å². The van der Waals surface area contributed by atoms with E-state index in [1.54, 1.807) is 18.2 Å². The summed E-state index contributed by atoms with van der Waals surface area (Å²) in [6, 6.07) is 8.03. The molecule has 0 fully saturated rings. The summed E-state index contributed by atoms with van der Waals surface area (Å²) in [5.74, 6) is -1.61. The molecule has 4 heteroatoms. The van der Waals surface area contributed by atoms with Crippen LogP contribution in [0.1, 0.15) is 21.5 Å². The fourth-order valence-corrected chi connectivity index (χ4v) is 1.95.